The summed E-state index contributed by atoms with van der Waals surface area (Å²) in [5.41, 5.74) is 0.907. The number of hydrogen-bond donors (Lipinski definition) is 2. The first-order chi connectivity index (χ1) is 12.5. The Bertz CT molecular complexity index is 779. The van der Waals surface area contributed by atoms with Gasteiger partial charge in [-0.1, -0.05) is 6.07 Å². The van der Waals surface area contributed by atoms with E-state index >= 15 is 0 Å². The Morgan fingerprint density at radius 3 is 2.58 bits per heavy atom. The Balaban J connectivity index is 2.03. The molecule has 26 heavy (non-hydrogen) atoms. The molecule has 0 saturated heterocycles. The number of nitrogens with zero attached hydrogens (tertiary/aromatic N) is 1. The predicted octanol–water partition coefficient (Wildman–Crippen LogP) is 3.44. The van der Waals surface area contributed by atoms with Crippen LogP contribution in [0.3, 0.4) is 0 Å². The van der Waals surface area contributed by atoms with Gasteiger partial charge in [-0.05, 0) is 32.0 Å². The van der Waals surface area contributed by atoms with Crippen LogP contribution in [0.1, 0.15) is 13.8 Å². The van der Waals surface area contributed by atoms with Crippen LogP contribution >= 0.6 is 0 Å². The van der Waals surface area contributed by atoms with Crippen LogP contribution in [0.5, 0.6) is 11.5 Å². The van der Waals surface area contributed by atoms with Gasteiger partial charge in [0.2, 0.25) is 5.91 Å². The van der Waals surface area contributed by atoms with Crippen molar-refractivity contribution in [3.05, 3.63) is 52.6 Å². The summed E-state index contributed by atoms with van der Waals surface area (Å²) < 4.78 is 11.0. The number of ether oxygens (including phenoxy) is 2. The van der Waals surface area contributed by atoms with Crippen LogP contribution in [-0.2, 0) is 4.79 Å². The molecule has 2 N–H and O–H groups in total. The number of benzene rings is 2. The highest BCUT2D eigenvalue weighted by Crippen LogP contribution is 2.29. The van der Waals surface area contributed by atoms with Gasteiger partial charge >= 0.3 is 0 Å². The molecule has 0 spiro atoms. The molecule has 0 aliphatic carbocycles. The van der Waals surface area contributed by atoms with Crippen molar-refractivity contribution >= 4 is 23.0 Å². The van der Waals surface area contributed by atoms with Crippen molar-refractivity contribution in [3.8, 4) is 11.5 Å². The summed E-state index contributed by atoms with van der Waals surface area (Å²) in [6.07, 6.45) is 0. The highest BCUT2D eigenvalue weighted by Gasteiger charge is 2.10. The van der Waals surface area contributed by atoms with Crippen molar-refractivity contribution in [2.45, 2.75) is 13.8 Å². The minimum atomic E-state index is -0.512. The van der Waals surface area contributed by atoms with Crippen LogP contribution in [-0.4, -0.2) is 30.6 Å². The standard InChI is InChI=1S/C18H21N3O5/c1-3-25-15-8-9-17(26-4-2)16(11-15)19-12-18(22)20-13-6-5-7-14(10-13)21(23)24/h5-11,19H,3-4,12H2,1-2H3,(H,20,22). The third kappa shape index (κ3) is 5.37. The van der Waals surface area contributed by atoms with E-state index in [9.17, 15) is 14.9 Å². The highest BCUT2D eigenvalue weighted by atomic mass is 16.6. The second-order valence-electron chi connectivity index (χ2n) is 5.23. The smallest absolute Gasteiger partial charge is 0.271 e. The molecule has 1 amide bonds. The minimum Gasteiger partial charge on any atom is -0.494 e. The largest absolute Gasteiger partial charge is 0.494 e. The van der Waals surface area contributed by atoms with Gasteiger partial charge in [-0.3, -0.25) is 14.9 Å². The summed E-state index contributed by atoms with van der Waals surface area (Å²) in [7, 11) is 0. The van der Waals surface area contributed by atoms with E-state index in [0.717, 1.165) is 0 Å². The first kappa shape index (κ1) is 19.0. The zero-order chi connectivity index (χ0) is 18.9. The fourth-order valence-electron chi connectivity index (χ4n) is 2.26. The van der Waals surface area contributed by atoms with Crippen molar-refractivity contribution in [3.63, 3.8) is 0 Å². The fraction of sp³-hybridized carbons (Fsp3) is 0.278. The van der Waals surface area contributed by atoms with Gasteiger partial charge in [0.15, 0.2) is 0 Å². The molecule has 0 saturated carbocycles. The molecule has 0 aliphatic rings. The third-order valence-corrected chi connectivity index (χ3v) is 3.34. The molecular formula is C18H21N3O5. The zero-order valence-corrected chi connectivity index (χ0v) is 14.7. The van der Waals surface area contributed by atoms with Crippen LogP contribution in [0.4, 0.5) is 17.1 Å². The SMILES string of the molecule is CCOc1ccc(OCC)c(NCC(=O)Nc2cccc([N+](=O)[O-])c2)c1. The van der Waals surface area contributed by atoms with Crippen molar-refractivity contribution in [2.75, 3.05) is 30.4 Å². The van der Waals surface area contributed by atoms with Gasteiger partial charge in [-0.2, -0.15) is 0 Å². The molecular weight excluding hydrogens is 338 g/mol. The lowest BCUT2D eigenvalue weighted by molar-refractivity contribution is -0.384. The number of anilines is 2. The molecule has 0 heterocycles. The van der Waals surface area contributed by atoms with Gasteiger partial charge in [0.25, 0.3) is 5.69 Å². The molecule has 0 aromatic heterocycles. The highest BCUT2D eigenvalue weighted by molar-refractivity contribution is 5.94. The van der Waals surface area contributed by atoms with E-state index in [1.54, 1.807) is 24.3 Å². The number of nitro benzene ring substituents is 1. The number of hydrogen-bond acceptors (Lipinski definition) is 6. The minimum absolute atomic E-state index is 0.0294. The lowest BCUT2D eigenvalue weighted by Crippen LogP contribution is -2.22. The monoisotopic (exact) mass is 359 g/mol. The molecule has 2 rings (SSSR count). The van der Waals surface area contributed by atoms with Crippen molar-refractivity contribution in [1.82, 2.24) is 0 Å². The van der Waals surface area contributed by atoms with Gasteiger partial charge in [0.05, 0.1) is 30.4 Å². The molecule has 0 unspecified atom stereocenters. The summed E-state index contributed by atoms with van der Waals surface area (Å²) in [5.74, 6) is 0.936. The summed E-state index contributed by atoms with van der Waals surface area (Å²) in [5, 5.41) is 16.4. The number of non-ortho nitro benzene ring substituents is 1. The van der Waals surface area contributed by atoms with Gasteiger partial charge in [0, 0.05) is 23.9 Å². The predicted molar refractivity (Wildman–Crippen MR) is 99.0 cm³/mol. The van der Waals surface area contributed by atoms with E-state index in [0.29, 0.717) is 36.1 Å². The summed E-state index contributed by atoms with van der Waals surface area (Å²) >= 11 is 0. The third-order valence-electron chi connectivity index (χ3n) is 3.34. The average Bonchev–Trinajstić information content (AvgIpc) is 2.62. The molecule has 0 atom stereocenters. The van der Waals surface area contributed by atoms with E-state index in [-0.39, 0.29) is 18.1 Å². The lowest BCUT2D eigenvalue weighted by atomic mass is 10.2. The van der Waals surface area contributed by atoms with Crippen LogP contribution in [0.15, 0.2) is 42.5 Å². The molecule has 0 fully saturated rings. The number of amides is 1. The maximum absolute atomic E-state index is 12.1. The van der Waals surface area contributed by atoms with E-state index in [4.69, 9.17) is 9.47 Å². The molecule has 0 bridgehead atoms. The second-order valence-corrected chi connectivity index (χ2v) is 5.23. The topological polar surface area (TPSA) is 103 Å². The van der Waals surface area contributed by atoms with E-state index in [2.05, 4.69) is 10.6 Å². The number of rotatable bonds is 9. The Hall–Kier alpha value is -3.29. The normalized spacial score (nSPS) is 10.1. The molecule has 0 radical (unpaired) electrons. The lowest BCUT2D eigenvalue weighted by Gasteiger charge is -2.14. The Labute approximate surface area is 151 Å². The summed E-state index contributed by atoms with van der Waals surface area (Å²) in [4.78, 5) is 22.4. The average molecular weight is 359 g/mol. The Morgan fingerprint density at radius 1 is 1.12 bits per heavy atom. The maximum Gasteiger partial charge on any atom is 0.271 e. The summed E-state index contributed by atoms with van der Waals surface area (Å²) in [6.45, 7) is 4.74. The fourth-order valence-corrected chi connectivity index (χ4v) is 2.26. The summed E-state index contributed by atoms with van der Waals surface area (Å²) in [6, 6.07) is 11.1. The Kier molecular flexibility index (Phi) is 6.78. The van der Waals surface area contributed by atoms with E-state index in [1.165, 1.54) is 18.2 Å². The zero-order valence-electron chi connectivity index (χ0n) is 14.7. The number of nitrogens with one attached hydrogen (secondary N) is 2. The Morgan fingerprint density at radius 2 is 1.88 bits per heavy atom. The van der Waals surface area contributed by atoms with Crippen molar-refractivity contribution in [2.24, 2.45) is 0 Å². The second kappa shape index (κ2) is 9.26. The van der Waals surface area contributed by atoms with Crippen LogP contribution in [0.25, 0.3) is 0 Å². The number of carbonyl (C=O) groups is 1. The first-order valence-corrected chi connectivity index (χ1v) is 8.21. The van der Waals surface area contributed by atoms with Gasteiger partial charge in [0.1, 0.15) is 11.5 Å². The van der Waals surface area contributed by atoms with Gasteiger partial charge in [-0.25, -0.2) is 0 Å². The molecule has 0 aliphatic heterocycles. The van der Waals surface area contributed by atoms with Crippen LogP contribution < -0.4 is 20.1 Å². The van der Waals surface area contributed by atoms with Gasteiger partial charge in [-0.15, -0.1) is 0 Å². The van der Waals surface area contributed by atoms with Crippen molar-refractivity contribution < 1.29 is 19.2 Å². The molecule has 2 aromatic rings. The molecule has 8 nitrogen and oxygen atoms in total. The number of nitro groups is 1. The molecule has 8 heteroatoms. The first-order valence-electron chi connectivity index (χ1n) is 8.21. The number of carbonyl (C=O) groups excluding carboxylic acids is 1. The van der Waals surface area contributed by atoms with Gasteiger partial charge < -0.3 is 20.1 Å². The van der Waals surface area contributed by atoms with E-state index < -0.39 is 4.92 Å². The quantitative estimate of drug-likeness (QED) is 0.525. The molecule has 138 valence electrons. The van der Waals surface area contributed by atoms with Crippen LogP contribution in [0, 0.1) is 10.1 Å². The maximum atomic E-state index is 12.1. The van der Waals surface area contributed by atoms with Crippen molar-refractivity contribution in [1.29, 1.82) is 0 Å². The molecule has 2 aromatic carbocycles. The van der Waals surface area contributed by atoms with Crippen LogP contribution in [0.2, 0.25) is 0 Å². The van der Waals surface area contributed by atoms with E-state index in [1.807, 2.05) is 13.8 Å².